The Hall–Kier alpha value is -1.87. The number of rotatable bonds is 4. The van der Waals surface area contributed by atoms with Gasteiger partial charge >= 0.3 is 0 Å². The highest BCUT2D eigenvalue weighted by Gasteiger charge is 2.10. The van der Waals surface area contributed by atoms with E-state index in [4.69, 9.17) is 5.73 Å². The first kappa shape index (κ1) is 12.6. The van der Waals surface area contributed by atoms with Crippen LogP contribution in [0.4, 0.5) is 5.69 Å². The molecule has 0 bridgehead atoms. The summed E-state index contributed by atoms with van der Waals surface area (Å²) in [6, 6.07) is 12.4. The van der Waals surface area contributed by atoms with Crippen molar-refractivity contribution in [2.75, 3.05) is 11.9 Å². The van der Waals surface area contributed by atoms with Crippen molar-refractivity contribution < 1.29 is 0 Å². The van der Waals surface area contributed by atoms with E-state index >= 15 is 0 Å². The van der Waals surface area contributed by atoms with Gasteiger partial charge in [0, 0.05) is 24.1 Å². The molecule has 1 aromatic carbocycles. The van der Waals surface area contributed by atoms with Crippen molar-refractivity contribution in [3.63, 3.8) is 0 Å². The van der Waals surface area contributed by atoms with E-state index in [1.165, 1.54) is 5.56 Å². The van der Waals surface area contributed by atoms with Gasteiger partial charge < -0.3 is 11.1 Å². The van der Waals surface area contributed by atoms with Crippen molar-refractivity contribution in [3.05, 3.63) is 59.4 Å². The van der Waals surface area contributed by atoms with Gasteiger partial charge in [0.1, 0.15) is 0 Å². The Morgan fingerprint density at radius 1 is 1.17 bits per heavy atom. The summed E-state index contributed by atoms with van der Waals surface area (Å²) in [6.45, 7) is 4.61. The van der Waals surface area contributed by atoms with Crippen LogP contribution in [-0.4, -0.2) is 11.5 Å². The minimum atomic E-state index is 0.0965. The summed E-state index contributed by atoms with van der Waals surface area (Å²) in [5.41, 5.74) is 10.3. The number of nitrogens with one attached hydrogen (secondary N) is 1. The Kier molecular flexibility index (Phi) is 3.95. The lowest BCUT2D eigenvalue weighted by Crippen LogP contribution is -2.21. The minimum absolute atomic E-state index is 0.0965. The largest absolute Gasteiger partial charge is 0.377 e. The SMILES string of the molecule is Cc1ccc(C(CN)Nc2ccccc2C)cn1. The third kappa shape index (κ3) is 2.87. The van der Waals surface area contributed by atoms with Crippen LogP contribution in [0.2, 0.25) is 0 Å². The van der Waals surface area contributed by atoms with E-state index in [9.17, 15) is 0 Å². The average molecular weight is 241 g/mol. The van der Waals surface area contributed by atoms with Crippen LogP contribution >= 0.6 is 0 Å². The van der Waals surface area contributed by atoms with Gasteiger partial charge in [0.15, 0.2) is 0 Å². The molecule has 1 heterocycles. The summed E-state index contributed by atoms with van der Waals surface area (Å²) in [6.07, 6.45) is 1.89. The van der Waals surface area contributed by atoms with Crippen LogP contribution in [0.25, 0.3) is 0 Å². The molecule has 0 aliphatic carbocycles. The number of nitrogens with two attached hydrogens (primary N) is 1. The number of anilines is 1. The molecule has 3 heteroatoms. The van der Waals surface area contributed by atoms with Gasteiger partial charge in [0.25, 0.3) is 0 Å². The molecule has 0 saturated carbocycles. The molecule has 3 N–H and O–H groups in total. The molecule has 0 saturated heterocycles. The molecular weight excluding hydrogens is 222 g/mol. The molecular formula is C15H19N3. The zero-order valence-corrected chi connectivity index (χ0v) is 10.9. The molecule has 1 aromatic heterocycles. The van der Waals surface area contributed by atoms with Gasteiger partial charge in [-0.1, -0.05) is 24.3 Å². The third-order valence-corrected chi connectivity index (χ3v) is 3.05. The Morgan fingerprint density at radius 3 is 2.56 bits per heavy atom. The van der Waals surface area contributed by atoms with Gasteiger partial charge in [-0.2, -0.15) is 0 Å². The highest BCUT2D eigenvalue weighted by atomic mass is 14.9. The second kappa shape index (κ2) is 5.65. The van der Waals surface area contributed by atoms with Crippen LogP contribution in [0.5, 0.6) is 0 Å². The van der Waals surface area contributed by atoms with Gasteiger partial charge in [-0.15, -0.1) is 0 Å². The molecule has 0 aliphatic rings. The number of para-hydroxylation sites is 1. The number of pyridine rings is 1. The van der Waals surface area contributed by atoms with E-state index in [0.717, 1.165) is 16.9 Å². The van der Waals surface area contributed by atoms with Crippen LogP contribution in [-0.2, 0) is 0 Å². The van der Waals surface area contributed by atoms with Crippen molar-refractivity contribution in [1.82, 2.24) is 4.98 Å². The normalized spacial score (nSPS) is 12.2. The predicted molar refractivity (Wildman–Crippen MR) is 75.6 cm³/mol. The van der Waals surface area contributed by atoms with Gasteiger partial charge in [0.2, 0.25) is 0 Å². The number of aromatic nitrogens is 1. The molecule has 0 spiro atoms. The number of benzene rings is 1. The molecule has 18 heavy (non-hydrogen) atoms. The van der Waals surface area contributed by atoms with Gasteiger partial charge in [-0.3, -0.25) is 4.98 Å². The van der Waals surface area contributed by atoms with Crippen LogP contribution in [0.3, 0.4) is 0 Å². The lowest BCUT2D eigenvalue weighted by Gasteiger charge is -2.19. The highest BCUT2D eigenvalue weighted by Crippen LogP contribution is 2.21. The highest BCUT2D eigenvalue weighted by molar-refractivity contribution is 5.51. The molecule has 3 nitrogen and oxygen atoms in total. The second-order valence-electron chi connectivity index (χ2n) is 4.48. The number of hydrogen-bond donors (Lipinski definition) is 2. The predicted octanol–water partition coefficient (Wildman–Crippen LogP) is 2.81. The maximum absolute atomic E-state index is 5.85. The fraction of sp³-hybridized carbons (Fsp3) is 0.267. The average Bonchev–Trinajstić information content (AvgIpc) is 2.39. The van der Waals surface area contributed by atoms with Crippen molar-refractivity contribution >= 4 is 5.69 Å². The fourth-order valence-electron chi connectivity index (χ4n) is 1.89. The lowest BCUT2D eigenvalue weighted by molar-refractivity contribution is 0.782. The quantitative estimate of drug-likeness (QED) is 0.865. The van der Waals surface area contributed by atoms with Gasteiger partial charge in [-0.05, 0) is 37.1 Å². The molecule has 1 atom stereocenters. The maximum Gasteiger partial charge on any atom is 0.0651 e. The summed E-state index contributed by atoms with van der Waals surface area (Å²) < 4.78 is 0. The first-order chi connectivity index (χ1) is 8.70. The smallest absolute Gasteiger partial charge is 0.0651 e. The van der Waals surface area contributed by atoms with E-state index in [2.05, 4.69) is 35.4 Å². The summed E-state index contributed by atoms with van der Waals surface area (Å²) in [5.74, 6) is 0. The first-order valence-electron chi connectivity index (χ1n) is 6.15. The standard InChI is InChI=1S/C15H19N3/c1-11-5-3-4-6-14(11)18-15(9-16)13-8-7-12(2)17-10-13/h3-8,10,15,18H,9,16H2,1-2H3. The fourth-order valence-corrected chi connectivity index (χ4v) is 1.89. The van der Waals surface area contributed by atoms with E-state index in [1.807, 2.05) is 31.3 Å². The summed E-state index contributed by atoms with van der Waals surface area (Å²) >= 11 is 0. The van der Waals surface area contributed by atoms with E-state index in [0.29, 0.717) is 6.54 Å². The molecule has 0 fully saturated rings. The van der Waals surface area contributed by atoms with Gasteiger partial charge in [0.05, 0.1) is 6.04 Å². The number of aryl methyl sites for hydroxylation is 2. The van der Waals surface area contributed by atoms with Gasteiger partial charge in [-0.25, -0.2) is 0 Å². The molecule has 0 aliphatic heterocycles. The summed E-state index contributed by atoms with van der Waals surface area (Å²) in [7, 11) is 0. The van der Waals surface area contributed by atoms with Crippen molar-refractivity contribution in [2.45, 2.75) is 19.9 Å². The molecule has 94 valence electrons. The van der Waals surface area contributed by atoms with Crippen LogP contribution in [0.1, 0.15) is 22.9 Å². The number of nitrogens with zero attached hydrogens (tertiary/aromatic N) is 1. The van der Waals surface area contributed by atoms with E-state index < -0.39 is 0 Å². The lowest BCUT2D eigenvalue weighted by atomic mass is 10.1. The second-order valence-corrected chi connectivity index (χ2v) is 4.48. The zero-order chi connectivity index (χ0) is 13.0. The van der Waals surface area contributed by atoms with E-state index in [1.54, 1.807) is 0 Å². The molecule has 0 radical (unpaired) electrons. The van der Waals surface area contributed by atoms with Crippen LogP contribution in [0, 0.1) is 13.8 Å². The molecule has 0 amide bonds. The monoisotopic (exact) mass is 241 g/mol. The first-order valence-corrected chi connectivity index (χ1v) is 6.15. The maximum atomic E-state index is 5.85. The summed E-state index contributed by atoms with van der Waals surface area (Å²) in [5, 5.41) is 3.47. The van der Waals surface area contributed by atoms with Crippen LogP contribution < -0.4 is 11.1 Å². The molecule has 1 unspecified atom stereocenters. The Labute approximate surface area is 108 Å². The van der Waals surface area contributed by atoms with E-state index in [-0.39, 0.29) is 6.04 Å². The molecule has 2 aromatic rings. The molecule has 2 rings (SSSR count). The Bertz CT molecular complexity index is 505. The van der Waals surface area contributed by atoms with Crippen molar-refractivity contribution in [3.8, 4) is 0 Å². The minimum Gasteiger partial charge on any atom is -0.377 e. The van der Waals surface area contributed by atoms with Crippen molar-refractivity contribution in [2.24, 2.45) is 5.73 Å². The summed E-state index contributed by atoms with van der Waals surface area (Å²) in [4.78, 5) is 4.32. The zero-order valence-electron chi connectivity index (χ0n) is 10.9. The number of hydrogen-bond acceptors (Lipinski definition) is 3. The van der Waals surface area contributed by atoms with Crippen molar-refractivity contribution in [1.29, 1.82) is 0 Å². The Morgan fingerprint density at radius 2 is 1.94 bits per heavy atom. The Balaban J connectivity index is 2.20. The third-order valence-electron chi connectivity index (χ3n) is 3.05. The topological polar surface area (TPSA) is 50.9 Å². The van der Waals surface area contributed by atoms with Crippen LogP contribution in [0.15, 0.2) is 42.6 Å².